The minimum atomic E-state index is -1.09. The molecule has 13 heteroatoms. The molecule has 0 radical (unpaired) electrons. The second-order valence-electron chi connectivity index (χ2n) is 11.2. The van der Waals surface area contributed by atoms with Gasteiger partial charge in [0.1, 0.15) is 23.1 Å². The van der Waals surface area contributed by atoms with Gasteiger partial charge in [-0.3, -0.25) is 5.32 Å². The Hall–Kier alpha value is -6.63. The van der Waals surface area contributed by atoms with Crippen molar-refractivity contribution in [3.8, 4) is 28.8 Å². The van der Waals surface area contributed by atoms with E-state index in [2.05, 4.69) is 32.8 Å². The Morgan fingerprint density at radius 3 is 2.38 bits per heavy atom. The molecule has 13 nitrogen and oxygen atoms in total. The van der Waals surface area contributed by atoms with Gasteiger partial charge >= 0.3 is 12.0 Å². The van der Waals surface area contributed by atoms with Gasteiger partial charge in [0.2, 0.25) is 11.8 Å². The summed E-state index contributed by atoms with van der Waals surface area (Å²) in [7, 11) is 3.07. The highest BCUT2D eigenvalue weighted by molar-refractivity contribution is 6.07. The van der Waals surface area contributed by atoms with E-state index in [4.69, 9.17) is 19.3 Å². The molecule has 0 unspecified atom stereocenters. The molecule has 4 N–H and O–H groups in total. The molecule has 0 aliphatic rings. The molecule has 6 aromatic rings. The maximum Gasteiger partial charge on any atom is 0.335 e. The molecule has 2 heterocycles. The SMILES string of the molecule is CCCCc1cc(NC(=O)Nc2ccc(Oc3ccnc(Nc4cc(OC)cc(C(=O)O)c4)n3)c3ccccc23)n(-c2ccc(OC)cc2)n1. The third-order valence-electron chi connectivity index (χ3n) is 7.73. The number of carbonyl (C=O) groups excluding carboxylic acids is 1. The predicted molar refractivity (Wildman–Crippen MR) is 191 cm³/mol. The van der Waals surface area contributed by atoms with E-state index >= 15 is 0 Å². The molecule has 2 aromatic heterocycles. The van der Waals surface area contributed by atoms with Gasteiger partial charge in [-0.1, -0.05) is 37.6 Å². The van der Waals surface area contributed by atoms with Crippen LogP contribution in [-0.2, 0) is 6.42 Å². The number of rotatable bonds is 13. The number of carbonyl (C=O) groups is 2. The fraction of sp³-hybridized carbons (Fsp3) is 0.162. The largest absolute Gasteiger partial charge is 0.497 e. The topological polar surface area (TPSA) is 162 Å². The second kappa shape index (κ2) is 15.1. The summed E-state index contributed by atoms with van der Waals surface area (Å²) < 4.78 is 18.4. The average Bonchev–Trinajstić information content (AvgIpc) is 3.53. The summed E-state index contributed by atoms with van der Waals surface area (Å²) in [5.41, 5.74) is 2.72. The van der Waals surface area contributed by atoms with Gasteiger partial charge in [0.25, 0.3) is 0 Å². The number of methoxy groups -OCH3 is 2. The lowest BCUT2D eigenvalue weighted by atomic mass is 10.1. The Bertz CT molecular complexity index is 2150. The summed E-state index contributed by atoms with van der Waals surface area (Å²) in [6.07, 6.45) is 4.32. The number of amides is 2. The molecule has 0 saturated carbocycles. The number of aryl methyl sites for hydroxylation is 1. The lowest BCUT2D eigenvalue weighted by Gasteiger charge is -2.14. The number of carboxylic acids is 1. The zero-order valence-electron chi connectivity index (χ0n) is 27.6. The van der Waals surface area contributed by atoms with E-state index in [1.807, 2.05) is 54.6 Å². The second-order valence-corrected chi connectivity index (χ2v) is 11.2. The van der Waals surface area contributed by atoms with Gasteiger partial charge in [0.15, 0.2) is 0 Å². The van der Waals surface area contributed by atoms with Gasteiger partial charge in [-0.05, 0) is 61.4 Å². The fourth-order valence-corrected chi connectivity index (χ4v) is 5.27. The summed E-state index contributed by atoms with van der Waals surface area (Å²) in [4.78, 5) is 33.7. The standard InChI is InChI=1S/C37H35N7O6/c1-4-5-8-24-22-33(44(43-24)26-11-13-27(48-2)14-12-26)41-37(47)40-31-15-16-32(30-10-7-6-9-29(30)31)50-34-17-18-38-36(42-34)39-25-19-23(35(45)46)20-28(21-25)49-3/h6-7,9-22H,4-5,8H2,1-3H3,(H,45,46)(H,38,39,42)(H2,40,41,47). The van der Waals surface area contributed by atoms with Crippen molar-refractivity contribution in [2.24, 2.45) is 0 Å². The first-order valence-corrected chi connectivity index (χ1v) is 15.9. The normalized spacial score (nSPS) is 10.8. The Balaban J connectivity index is 1.21. The van der Waals surface area contributed by atoms with Crippen molar-refractivity contribution >= 4 is 45.9 Å². The van der Waals surface area contributed by atoms with Crippen LogP contribution in [-0.4, -0.2) is 51.1 Å². The smallest absolute Gasteiger partial charge is 0.335 e. The van der Waals surface area contributed by atoms with Gasteiger partial charge < -0.3 is 30.0 Å². The molecule has 50 heavy (non-hydrogen) atoms. The number of nitrogens with zero attached hydrogens (tertiary/aromatic N) is 4. The van der Waals surface area contributed by atoms with E-state index in [1.165, 1.54) is 25.4 Å². The minimum Gasteiger partial charge on any atom is -0.497 e. The molecule has 0 aliphatic carbocycles. The first-order chi connectivity index (χ1) is 24.3. The molecule has 6 rings (SSSR count). The monoisotopic (exact) mass is 673 g/mol. The molecule has 0 fully saturated rings. The highest BCUT2D eigenvalue weighted by atomic mass is 16.5. The molecule has 0 spiro atoms. The highest BCUT2D eigenvalue weighted by Gasteiger charge is 2.16. The van der Waals surface area contributed by atoms with E-state index in [1.54, 1.807) is 36.1 Å². The van der Waals surface area contributed by atoms with Crippen LogP contribution in [0.15, 0.2) is 97.2 Å². The van der Waals surface area contributed by atoms with Crippen LogP contribution in [0.4, 0.5) is 27.9 Å². The lowest BCUT2D eigenvalue weighted by molar-refractivity contribution is 0.0696. The van der Waals surface area contributed by atoms with Crippen LogP contribution >= 0.6 is 0 Å². The van der Waals surface area contributed by atoms with Crippen LogP contribution in [0.1, 0.15) is 35.8 Å². The van der Waals surface area contributed by atoms with E-state index in [-0.39, 0.29) is 17.4 Å². The summed E-state index contributed by atoms with van der Waals surface area (Å²) in [5.74, 6) is 1.47. The number of aromatic nitrogens is 4. The predicted octanol–water partition coefficient (Wildman–Crippen LogP) is 8.05. The Morgan fingerprint density at radius 2 is 1.64 bits per heavy atom. The van der Waals surface area contributed by atoms with Crippen LogP contribution in [0.25, 0.3) is 16.5 Å². The first-order valence-electron chi connectivity index (χ1n) is 15.9. The lowest BCUT2D eigenvalue weighted by Crippen LogP contribution is -2.21. The summed E-state index contributed by atoms with van der Waals surface area (Å²) in [5, 5.41) is 24.6. The van der Waals surface area contributed by atoms with Crippen LogP contribution in [0.3, 0.4) is 0 Å². The number of hydrogen-bond donors (Lipinski definition) is 4. The third kappa shape index (κ3) is 7.73. The van der Waals surface area contributed by atoms with Crippen LogP contribution < -0.4 is 30.2 Å². The number of unbranched alkanes of at least 4 members (excludes halogenated alkanes) is 1. The number of aromatic carboxylic acids is 1. The maximum absolute atomic E-state index is 13.4. The van der Waals surface area contributed by atoms with Crippen molar-refractivity contribution in [3.05, 3.63) is 108 Å². The van der Waals surface area contributed by atoms with Gasteiger partial charge in [0.05, 0.1) is 36.9 Å². The third-order valence-corrected chi connectivity index (χ3v) is 7.73. The molecule has 0 bridgehead atoms. The van der Waals surface area contributed by atoms with E-state index in [0.717, 1.165) is 47.2 Å². The number of nitrogens with one attached hydrogen (secondary N) is 3. The first kappa shape index (κ1) is 33.3. The summed E-state index contributed by atoms with van der Waals surface area (Å²) in [6, 6.07) is 26.1. The quantitative estimate of drug-likeness (QED) is 0.0944. The zero-order valence-corrected chi connectivity index (χ0v) is 27.6. The van der Waals surface area contributed by atoms with E-state index < -0.39 is 12.0 Å². The van der Waals surface area contributed by atoms with Crippen LogP contribution in [0.2, 0.25) is 0 Å². The van der Waals surface area contributed by atoms with Crippen molar-refractivity contribution in [2.75, 3.05) is 30.2 Å². The number of fused-ring (bicyclic) bond motifs is 1. The number of hydrogen-bond acceptors (Lipinski definition) is 9. The molecule has 2 amide bonds. The summed E-state index contributed by atoms with van der Waals surface area (Å²) in [6.45, 7) is 2.12. The van der Waals surface area contributed by atoms with Gasteiger partial charge in [-0.15, -0.1) is 0 Å². The molecular weight excluding hydrogens is 638 g/mol. The van der Waals surface area contributed by atoms with E-state index in [9.17, 15) is 14.7 Å². The number of anilines is 4. The minimum absolute atomic E-state index is 0.0488. The molecule has 254 valence electrons. The molecule has 0 aliphatic heterocycles. The number of ether oxygens (including phenoxy) is 3. The highest BCUT2D eigenvalue weighted by Crippen LogP contribution is 2.34. The van der Waals surface area contributed by atoms with E-state index in [0.29, 0.717) is 28.7 Å². The van der Waals surface area contributed by atoms with Crippen molar-refractivity contribution in [1.29, 1.82) is 0 Å². The van der Waals surface area contributed by atoms with Crippen molar-refractivity contribution in [3.63, 3.8) is 0 Å². The number of urea groups is 1. The van der Waals surface area contributed by atoms with Crippen LogP contribution in [0.5, 0.6) is 23.1 Å². The molecule has 4 aromatic carbocycles. The number of carboxylic acid groups (broad SMARTS) is 1. The Kier molecular flexibility index (Phi) is 10.0. The number of benzene rings is 4. The average molecular weight is 674 g/mol. The molecule has 0 saturated heterocycles. The van der Waals surface area contributed by atoms with Gasteiger partial charge in [-0.2, -0.15) is 10.1 Å². The van der Waals surface area contributed by atoms with Crippen molar-refractivity contribution in [2.45, 2.75) is 26.2 Å². The molecule has 0 atom stereocenters. The van der Waals surface area contributed by atoms with Crippen molar-refractivity contribution < 1.29 is 28.9 Å². The van der Waals surface area contributed by atoms with Crippen molar-refractivity contribution in [1.82, 2.24) is 19.7 Å². The van der Waals surface area contributed by atoms with Gasteiger partial charge in [-0.25, -0.2) is 19.3 Å². The van der Waals surface area contributed by atoms with Crippen LogP contribution in [0, 0.1) is 0 Å². The molecular formula is C37H35N7O6. The summed E-state index contributed by atoms with van der Waals surface area (Å²) >= 11 is 0. The Labute approximate surface area is 287 Å². The Morgan fingerprint density at radius 1 is 0.860 bits per heavy atom. The zero-order chi connectivity index (χ0) is 35.0. The fourth-order valence-electron chi connectivity index (χ4n) is 5.27. The maximum atomic E-state index is 13.4. The van der Waals surface area contributed by atoms with Gasteiger partial charge in [0, 0.05) is 40.9 Å².